The zero-order valence-electron chi connectivity index (χ0n) is 8.57. The Bertz CT molecular complexity index is 327. The molecule has 1 unspecified atom stereocenters. The molecular formula is C12H16O2. The molecule has 14 heavy (non-hydrogen) atoms. The number of phenols is 1. The minimum atomic E-state index is -0.416. The summed E-state index contributed by atoms with van der Waals surface area (Å²) in [6.45, 7) is 3.61. The molecule has 0 spiro atoms. The van der Waals surface area contributed by atoms with Crippen LogP contribution in [0.5, 0.6) is 5.75 Å². The van der Waals surface area contributed by atoms with Crippen LogP contribution in [0.2, 0.25) is 0 Å². The number of phenolic OH excluding ortho intramolecular Hbond substituents is 1. The first kappa shape index (κ1) is 10.8. The van der Waals surface area contributed by atoms with Crippen molar-refractivity contribution in [2.24, 2.45) is 0 Å². The molecule has 0 heterocycles. The maximum absolute atomic E-state index is 9.47. The molecule has 0 aliphatic rings. The molecule has 0 fully saturated rings. The van der Waals surface area contributed by atoms with E-state index in [1.54, 1.807) is 19.1 Å². The molecule has 0 aromatic heterocycles. The number of allylic oxidation sites excluding steroid dienone is 1. The monoisotopic (exact) mass is 192 g/mol. The van der Waals surface area contributed by atoms with E-state index in [9.17, 15) is 10.2 Å². The van der Waals surface area contributed by atoms with Crippen LogP contribution < -0.4 is 0 Å². The lowest BCUT2D eigenvalue weighted by atomic mass is 10.1. The smallest absolute Gasteiger partial charge is 0.119 e. The standard InChI is InChI=1S/C12H16O2/c1-9(10(2)13)7-8-11-5-3-4-6-12(11)14/h3-7,10,13-14H,8H2,1-2H3/b9-7+. The van der Waals surface area contributed by atoms with Crippen LogP contribution in [0.15, 0.2) is 35.9 Å². The highest BCUT2D eigenvalue weighted by atomic mass is 16.3. The number of hydrogen-bond donors (Lipinski definition) is 2. The minimum absolute atomic E-state index is 0.308. The van der Waals surface area contributed by atoms with Gasteiger partial charge in [0.25, 0.3) is 0 Å². The second kappa shape index (κ2) is 4.82. The Morgan fingerprint density at radius 1 is 1.43 bits per heavy atom. The second-order valence-electron chi connectivity index (χ2n) is 3.46. The molecule has 0 radical (unpaired) electrons. The highest BCUT2D eigenvalue weighted by Gasteiger charge is 2.00. The van der Waals surface area contributed by atoms with Crippen molar-refractivity contribution in [3.8, 4) is 5.75 Å². The second-order valence-corrected chi connectivity index (χ2v) is 3.46. The van der Waals surface area contributed by atoms with Gasteiger partial charge in [0.1, 0.15) is 5.75 Å². The van der Waals surface area contributed by atoms with Crippen molar-refractivity contribution in [2.75, 3.05) is 0 Å². The third-order valence-corrected chi connectivity index (χ3v) is 2.29. The number of para-hydroxylation sites is 1. The lowest BCUT2D eigenvalue weighted by Crippen LogP contribution is -2.01. The number of aliphatic hydroxyl groups excluding tert-OH is 1. The predicted molar refractivity (Wildman–Crippen MR) is 57.2 cm³/mol. The van der Waals surface area contributed by atoms with Gasteiger partial charge in [-0.1, -0.05) is 24.3 Å². The van der Waals surface area contributed by atoms with Crippen molar-refractivity contribution >= 4 is 0 Å². The van der Waals surface area contributed by atoms with E-state index in [0.717, 1.165) is 11.1 Å². The maximum Gasteiger partial charge on any atom is 0.119 e. The van der Waals surface area contributed by atoms with Crippen molar-refractivity contribution in [1.82, 2.24) is 0 Å². The van der Waals surface area contributed by atoms with E-state index in [4.69, 9.17) is 0 Å². The fraction of sp³-hybridized carbons (Fsp3) is 0.333. The average molecular weight is 192 g/mol. The van der Waals surface area contributed by atoms with Crippen LogP contribution in [0.25, 0.3) is 0 Å². The van der Waals surface area contributed by atoms with Gasteiger partial charge in [-0.15, -0.1) is 0 Å². The maximum atomic E-state index is 9.47. The lowest BCUT2D eigenvalue weighted by Gasteiger charge is -2.05. The van der Waals surface area contributed by atoms with Gasteiger partial charge in [0.15, 0.2) is 0 Å². The van der Waals surface area contributed by atoms with Crippen LogP contribution in [0.3, 0.4) is 0 Å². The Kier molecular flexibility index (Phi) is 3.72. The summed E-state index contributed by atoms with van der Waals surface area (Å²) in [4.78, 5) is 0. The summed E-state index contributed by atoms with van der Waals surface area (Å²) in [5, 5.41) is 18.7. The Morgan fingerprint density at radius 3 is 2.64 bits per heavy atom. The van der Waals surface area contributed by atoms with Gasteiger partial charge in [-0.05, 0) is 37.5 Å². The van der Waals surface area contributed by atoms with E-state index >= 15 is 0 Å². The van der Waals surface area contributed by atoms with Crippen LogP contribution in [-0.2, 0) is 6.42 Å². The molecule has 1 atom stereocenters. The van der Waals surface area contributed by atoms with Crippen molar-refractivity contribution < 1.29 is 10.2 Å². The number of rotatable bonds is 3. The van der Waals surface area contributed by atoms with E-state index < -0.39 is 6.10 Å². The first-order valence-corrected chi connectivity index (χ1v) is 4.73. The summed E-state index contributed by atoms with van der Waals surface area (Å²) < 4.78 is 0. The normalized spacial score (nSPS) is 14.1. The van der Waals surface area contributed by atoms with Gasteiger partial charge < -0.3 is 10.2 Å². The predicted octanol–water partition coefficient (Wildman–Crippen LogP) is 2.26. The van der Waals surface area contributed by atoms with Crippen LogP contribution in [0, 0.1) is 0 Å². The summed E-state index contributed by atoms with van der Waals surface area (Å²) in [6.07, 6.45) is 2.17. The third-order valence-electron chi connectivity index (χ3n) is 2.29. The molecule has 2 heteroatoms. The van der Waals surface area contributed by atoms with E-state index in [1.165, 1.54) is 0 Å². The van der Waals surface area contributed by atoms with Crippen LogP contribution in [0.4, 0.5) is 0 Å². The van der Waals surface area contributed by atoms with Gasteiger partial charge in [-0.3, -0.25) is 0 Å². The first-order valence-electron chi connectivity index (χ1n) is 4.73. The van der Waals surface area contributed by atoms with E-state index in [2.05, 4.69) is 0 Å². The zero-order valence-corrected chi connectivity index (χ0v) is 8.57. The molecule has 0 amide bonds. The molecule has 2 nitrogen and oxygen atoms in total. The Hall–Kier alpha value is -1.28. The summed E-state index contributed by atoms with van der Waals surface area (Å²) in [5.41, 5.74) is 1.81. The van der Waals surface area contributed by atoms with Gasteiger partial charge in [0, 0.05) is 0 Å². The fourth-order valence-corrected chi connectivity index (χ4v) is 1.12. The largest absolute Gasteiger partial charge is 0.508 e. The number of benzene rings is 1. The quantitative estimate of drug-likeness (QED) is 0.721. The van der Waals surface area contributed by atoms with Crippen molar-refractivity contribution in [3.63, 3.8) is 0 Å². The van der Waals surface area contributed by atoms with Gasteiger partial charge in [-0.2, -0.15) is 0 Å². The molecule has 1 rings (SSSR count). The van der Waals surface area contributed by atoms with E-state index in [-0.39, 0.29) is 0 Å². The molecule has 1 aromatic carbocycles. The zero-order chi connectivity index (χ0) is 10.6. The van der Waals surface area contributed by atoms with Gasteiger partial charge in [0.2, 0.25) is 0 Å². The number of aliphatic hydroxyl groups is 1. The summed E-state index contributed by atoms with van der Waals surface area (Å²) in [6, 6.07) is 7.23. The van der Waals surface area contributed by atoms with Crippen LogP contribution in [-0.4, -0.2) is 16.3 Å². The Labute approximate surface area is 84.5 Å². The highest BCUT2D eigenvalue weighted by molar-refractivity contribution is 5.33. The minimum Gasteiger partial charge on any atom is -0.508 e. The van der Waals surface area contributed by atoms with Crippen LogP contribution >= 0.6 is 0 Å². The average Bonchev–Trinajstić information content (AvgIpc) is 2.16. The fourth-order valence-electron chi connectivity index (χ4n) is 1.12. The molecule has 0 saturated heterocycles. The Morgan fingerprint density at radius 2 is 2.07 bits per heavy atom. The van der Waals surface area contributed by atoms with Gasteiger partial charge in [-0.25, -0.2) is 0 Å². The first-order chi connectivity index (χ1) is 6.61. The molecule has 1 aromatic rings. The van der Waals surface area contributed by atoms with Crippen molar-refractivity contribution in [1.29, 1.82) is 0 Å². The van der Waals surface area contributed by atoms with E-state index in [0.29, 0.717) is 12.2 Å². The summed E-state index contributed by atoms with van der Waals surface area (Å²) in [7, 11) is 0. The van der Waals surface area contributed by atoms with Crippen LogP contribution in [0.1, 0.15) is 19.4 Å². The number of aromatic hydroxyl groups is 1. The summed E-state index contributed by atoms with van der Waals surface area (Å²) in [5.74, 6) is 0.308. The molecule has 2 N–H and O–H groups in total. The third kappa shape index (κ3) is 2.89. The van der Waals surface area contributed by atoms with Gasteiger partial charge >= 0.3 is 0 Å². The summed E-state index contributed by atoms with van der Waals surface area (Å²) >= 11 is 0. The molecule has 76 valence electrons. The van der Waals surface area contributed by atoms with Gasteiger partial charge in [0.05, 0.1) is 6.10 Å². The van der Waals surface area contributed by atoms with Crippen molar-refractivity contribution in [2.45, 2.75) is 26.4 Å². The molecular weight excluding hydrogens is 176 g/mol. The highest BCUT2D eigenvalue weighted by Crippen LogP contribution is 2.17. The molecule has 0 bridgehead atoms. The topological polar surface area (TPSA) is 40.5 Å². The molecule has 0 aliphatic heterocycles. The Balaban J connectivity index is 2.71. The number of hydrogen-bond acceptors (Lipinski definition) is 2. The SMILES string of the molecule is C/C(=C\Cc1ccccc1O)C(C)O. The molecule has 0 aliphatic carbocycles. The lowest BCUT2D eigenvalue weighted by molar-refractivity contribution is 0.231. The molecule has 0 saturated carbocycles. The van der Waals surface area contributed by atoms with Crippen molar-refractivity contribution in [3.05, 3.63) is 41.5 Å². The van der Waals surface area contributed by atoms with E-state index in [1.807, 2.05) is 25.1 Å².